The Bertz CT molecular complexity index is 937. The standard InChI is InChI=1S/C21H19NO4/c1-14(15-7-3-2-4-8-15)22-19(23)13-26-21(25)18-12-11-16-9-5-6-10-17(16)20(18)24/h2-12,14,24H,13H2,1H3,(H,22,23)/t14-/m0/s1. The molecule has 0 saturated heterocycles. The number of rotatable bonds is 5. The van der Waals surface area contributed by atoms with E-state index < -0.39 is 18.5 Å². The van der Waals surface area contributed by atoms with Crippen molar-refractivity contribution in [3.05, 3.63) is 77.9 Å². The van der Waals surface area contributed by atoms with E-state index in [2.05, 4.69) is 5.32 Å². The molecule has 5 heteroatoms. The Balaban J connectivity index is 1.62. The van der Waals surface area contributed by atoms with Gasteiger partial charge in [0.15, 0.2) is 6.61 Å². The molecule has 0 fully saturated rings. The molecular formula is C21H19NO4. The molecule has 5 nitrogen and oxygen atoms in total. The van der Waals surface area contributed by atoms with Gasteiger partial charge in [-0.3, -0.25) is 4.79 Å². The van der Waals surface area contributed by atoms with Crippen LogP contribution < -0.4 is 5.32 Å². The third-order valence-corrected chi connectivity index (χ3v) is 4.13. The van der Waals surface area contributed by atoms with Crippen molar-refractivity contribution >= 4 is 22.6 Å². The molecule has 2 N–H and O–H groups in total. The lowest BCUT2D eigenvalue weighted by molar-refractivity contribution is -0.124. The van der Waals surface area contributed by atoms with Gasteiger partial charge in [0.1, 0.15) is 11.3 Å². The number of aromatic hydroxyl groups is 1. The van der Waals surface area contributed by atoms with Gasteiger partial charge >= 0.3 is 5.97 Å². The Morgan fingerprint density at radius 3 is 2.46 bits per heavy atom. The summed E-state index contributed by atoms with van der Waals surface area (Å²) in [6, 6.07) is 19.7. The molecule has 3 rings (SSSR count). The number of ether oxygens (including phenoxy) is 1. The highest BCUT2D eigenvalue weighted by Crippen LogP contribution is 2.28. The Kier molecular flexibility index (Phi) is 5.17. The summed E-state index contributed by atoms with van der Waals surface area (Å²) in [7, 11) is 0. The quantitative estimate of drug-likeness (QED) is 0.691. The number of hydrogen-bond acceptors (Lipinski definition) is 4. The van der Waals surface area contributed by atoms with Gasteiger partial charge in [0, 0.05) is 5.39 Å². The Morgan fingerprint density at radius 1 is 1.00 bits per heavy atom. The minimum Gasteiger partial charge on any atom is -0.506 e. The molecule has 132 valence electrons. The largest absolute Gasteiger partial charge is 0.506 e. The molecule has 0 spiro atoms. The number of phenolic OH excluding ortho intramolecular Hbond substituents is 1. The van der Waals surface area contributed by atoms with Crippen molar-refractivity contribution in [1.29, 1.82) is 0 Å². The van der Waals surface area contributed by atoms with Crippen LogP contribution in [0.15, 0.2) is 66.7 Å². The van der Waals surface area contributed by atoms with Gasteiger partial charge in [-0.05, 0) is 23.9 Å². The molecule has 0 aliphatic heterocycles. The molecule has 0 aliphatic carbocycles. The van der Waals surface area contributed by atoms with Gasteiger partial charge < -0.3 is 15.2 Å². The minimum absolute atomic E-state index is 0.0348. The molecule has 3 aromatic rings. The number of nitrogens with one attached hydrogen (secondary N) is 1. The number of fused-ring (bicyclic) bond motifs is 1. The number of carbonyl (C=O) groups is 2. The van der Waals surface area contributed by atoms with Crippen molar-refractivity contribution in [2.24, 2.45) is 0 Å². The first kappa shape index (κ1) is 17.5. The Labute approximate surface area is 151 Å². The highest BCUT2D eigenvalue weighted by Gasteiger charge is 2.17. The van der Waals surface area contributed by atoms with Gasteiger partial charge in [0.25, 0.3) is 5.91 Å². The van der Waals surface area contributed by atoms with Crippen LogP contribution in [0.5, 0.6) is 5.75 Å². The van der Waals surface area contributed by atoms with E-state index in [1.807, 2.05) is 49.4 Å². The summed E-state index contributed by atoms with van der Waals surface area (Å²) in [5.74, 6) is -1.29. The molecule has 0 saturated carbocycles. The van der Waals surface area contributed by atoms with E-state index in [4.69, 9.17) is 4.74 Å². The van der Waals surface area contributed by atoms with Crippen LogP contribution in [0, 0.1) is 0 Å². The van der Waals surface area contributed by atoms with Crippen LogP contribution in [0.3, 0.4) is 0 Å². The zero-order valence-corrected chi connectivity index (χ0v) is 14.3. The molecule has 0 aromatic heterocycles. The number of esters is 1. The summed E-state index contributed by atoms with van der Waals surface area (Å²) in [5.41, 5.74) is 0.993. The number of amides is 1. The van der Waals surface area contributed by atoms with Crippen molar-refractivity contribution in [3.8, 4) is 5.75 Å². The average Bonchev–Trinajstić information content (AvgIpc) is 2.67. The van der Waals surface area contributed by atoms with Gasteiger partial charge in [0.2, 0.25) is 0 Å². The zero-order chi connectivity index (χ0) is 18.5. The Morgan fingerprint density at radius 2 is 1.69 bits per heavy atom. The molecule has 0 unspecified atom stereocenters. The van der Waals surface area contributed by atoms with Gasteiger partial charge in [-0.25, -0.2) is 4.79 Å². The van der Waals surface area contributed by atoms with Crippen LogP contribution in [0.25, 0.3) is 10.8 Å². The number of carbonyl (C=O) groups excluding carboxylic acids is 2. The third-order valence-electron chi connectivity index (χ3n) is 4.13. The normalized spacial score (nSPS) is 11.7. The van der Waals surface area contributed by atoms with Crippen LogP contribution in [-0.4, -0.2) is 23.6 Å². The minimum atomic E-state index is -0.740. The van der Waals surface area contributed by atoms with E-state index in [0.29, 0.717) is 5.39 Å². The molecule has 26 heavy (non-hydrogen) atoms. The third kappa shape index (κ3) is 3.83. The number of hydrogen-bond donors (Lipinski definition) is 2. The van der Waals surface area contributed by atoms with E-state index in [0.717, 1.165) is 10.9 Å². The van der Waals surface area contributed by atoms with E-state index in [1.54, 1.807) is 18.2 Å². The predicted octanol–water partition coefficient (Wildman–Crippen LogP) is 3.58. The van der Waals surface area contributed by atoms with Crippen LogP contribution >= 0.6 is 0 Å². The molecule has 1 amide bonds. The average molecular weight is 349 g/mol. The van der Waals surface area contributed by atoms with Crippen molar-refractivity contribution in [1.82, 2.24) is 5.32 Å². The molecule has 0 bridgehead atoms. The van der Waals surface area contributed by atoms with Crippen molar-refractivity contribution in [2.45, 2.75) is 13.0 Å². The van der Waals surface area contributed by atoms with Crippen LogP contribution in [-0.2, 0) is 9.53 Å². The number of phenols is 1. The monoisotopic (exact) mass is 349 g/mol. The van der Waals surface area contributed by atoms with Gasteiger partial charge in [-0.1, -0.05) is 60.7 Å². The van der Waals surface area contributed by atoms with Gasteiger partial charge in [0.05, 0.1) is 6.04 Å². The molecule has 3 aromatic carbocycles. The van der Waals surface area contributed by atoms with Crippen molar-refractivity contribution in [3.63, 3.8) is 0 Å². The lowest BCUT2D eigenvalue weighted by atomic mass is 10.1. The second kappa shape index (κ2) is 7.70. The summed E-state index contributed by atoms with van der Waals surface area (Å²) >= 11 is 0. The van der Waals surface area contributed by atoms with Gasteiger partial charge in [-0.15, -0.1) is 0 Å². The van der Waals surface area contributed by atoms with Crippen LogP contribution in [0.1, 0.15) is 28.9 Å². The summed E-state index contributed by atoms with van der Waals surface area (Å²) in [6.07, 6.45) is 0. The smallest absolute Gasteiger partial charge is 0.342 e. The SMILES string of the molecule is C[C@H](NC(=O)COC(=O)c1ccc2ccccc2c1O)c1ccccc1. The van der Waals surface area contributed by atoms with Gasteiger partial charge in [-0.2, -0.15) is 0 Å². The summed E-state index contributed by atoms with van der Waals surface area (Å²) in [6.45, 7) is 1.44. The van der Waals surface area contributed by atoms with Crippen LogP contribution in [0.4, 0.5) is 0 Å². The van der Waals surface area contributed by atoms with Crippen LogP contribution in [0.2, 0.25) is 0 Å². The topological polar surface area (TPSA) is 75.6 Å². The highest BCUT2D eigenvalue weighted by atomic mass is 16.5. The van der Waals surface area contributed by atoms with E-state index in [9.17, 15) is 14.7 Å². The molecule has 1 atom stereocenters. The Hall–Kier alpha value is -3.34. The first-order valence-corrected chi connectivity index (χ1v) is 8.28. The maximum absolute atomic E-state index is 12.2. The highest BCUT2D eigenvalue weighted by molar-refractivity contribution is 6.01. The zero-order valence-electron chi connectivity index (χ0n) is 14.3. The fourth-order valence-corrected chi connectivity index (χ4v) is 2.74. The summed E-state index contributed by atoms with van der Waals surface area (Å²) < 4.78 is 5.05. The fourth-order valence-electron chi connectivity index (χ4n) is 2.74. The molecule has 0 aliphatic rings. The van der Waals surface area contributed by atoms with Crippen molar-refractivity contribution < 1.29 is 19.4 Å². The fraction of sp³-hybridized carbons (Fsp3) is 0.143. The van der Waals surface area contributed by atoms with E-state index >= 15 is 0 Å². The van der Waals surface area contributed by atoms with Crippen molar-refractivity contribution in [2.75, 3.05) is 6.61 Å². The first-order chi connectivity index (χ1) is 12.6. The van der Waals surface area contributed by atoms with E-state index in [1.165, 1.54) is 6.07 Å². The molecular weight excluding hydrogens is 330 g/mol. The predicted molar refractivity (Wildman–Crippen MR) is 98.9 cm³/mol. The second-order valence-corrected chi connectivity index (χ2v) is 5.96. The maximum Gasteiger partial charge on any atom is 0.342 e. The second-order valence-electron chi connectivity index (χ2n) is 5.96. The molecule has 0 heterocycles. The number of benzene rings is 3. The first-order valence-electron chi connectivity index (χ1n) is 8.28. The summed E-state index contributed by atoms with van der Waals surface area (Å²) in [4.78, 5) is 24.2. The lowest BCUT2D eigenvalue weighted by Crippen LogP contribution is -2.31. The molecule has 0 radical (unpaired) electrons. The maximum atomic E-state index is 12.2. The van der Waals surface area contributed by atoms with E-state index in [-0.39, 0.29) is 17.4 Å². The lowest BCUT2D eigenvalue weighted by Gasteiger charge is -2.14. The summed E-state index contributed by atoms with van der Waals surface area (Å²) in [5, 5.41) is 14.4.